The molecule has 1 aliphatic rings. The molecular formula is C36H44N4O8S4. The fourth-order valence-corrected chi connectivity index (χ4v) is 9.00. The van der Waals surface area contributed by atoms with Gasteiger partial charge in [-0.3, -0.25) is 21.3 Å². The molecule has 4 heterocycles. The lowest BCUT2D eigenvalue weighted by Gasteiger charge is -2.22. The average Bonchev–Trinajstić information content (AvgIpc) is 3.68. The molecule has 0 radical (unpaired) electrons. The molecule has 0 aliphatic heterocycles. The molecule has 4 N–H and O–H groups in total. The average molecular weight is 789 g/mol. The Bertz CT molecular complexity index is 1710. The summed E-state index contributed by atoms with van der Waals surface area (Å²) in [7, 11) is 0. The standard InChI is InChI=1S/C36H44N4O8S4/c1-33(2,3)45-29(41)37-25-21-17(13-49-25)22-19(15-51-26(22)38-30(42)46-34(4,5)6)24-20(16-52-28(24)40-32(44)48-36(10,11)12)23-18(21)14-50-27(23)39-31(43)47-35(7,8)9/h13-16H,1-12H3,(H,37,41)(H,38,42)(H,39,43)(H,40,44). The first kappa shape index (κ1) is 39.1. The van der Waals surface area contributed by atoms with E-state index < -0.39 is 46.8 Å². The third kappa shape index (κ3) is 9.26. The van der Waals surface area contributed by atoms with Gasteiger partial charge in [-0.15, -0.1) is 45.3 Å². The highest BCUT2D eigenvalue weighted by Crippen LogP contribution is 2.61. The van der Waals surface area contributed by atoms with E-state index in [0.717, 1.165) is 0 Å². The van der Waals surface area contributed by atoms with Crippen molar-refractivity contribution in [3.8, 4) is 44.5 Å². The van der Waals surface area contributed by atoms with Crippen molar-refractivity contribution in [2.24, 2.45) is 0 Å². The molecule has 0 spiro atoms. The number of carbonyl (C=O) groups excluding carboxylic acids is 4. The molecule has 0 saturated heterocycles. The zero-order chi connectivity index (χ0) is 38.6. The van der Waals surface area contributed by atoms with Gasteiger partial charge in [0.1, 0.15) is 42.4 Å². The summed E-state index contributed by atoms with van der Waals surface area (Å²) in [4.78, 5) is 52.7. The molecule has 4 aromatic heterocycles. The maximum Gasteiger partial charge on any atom is 0.412 e. The monoisotopic (exact) mass is 788 g/mol. The third-order valence-corrected chi connectivity index (χ3v) is 10.3. The molecule has 4 aromatic rings. The lowest BCUT2D eigenvalue weighted by atomic mass is 9.86. The Kier molecular flexibility index (Phi) is 10.5. The Morgan fingerprint density at radius 3 is 0.712 bits per heavy atom. The number of anilines is 4. The van der Waals surface area contributed by atoms with Gasteiger partial charge in [0, 0.05) is 66.0 Å². The lowest BCUT2D eigenvalue weighted by Crippen LogP contribution is -2.27. The van der Waals surface area contributed by atoms with Crippen molar-refractivity contribution in [1.29, 1.82) is 0 Å². The Morgan fingerprint density at radius 2 is 0.558 bits per heavy atom. The molecule has 52 heavy (non-hydrogen) atoms. The predicted octanol–water partition coefficient (Wildman–Crippen LogP) is 12.3. The van der Waals surface area contributed by atoms with Crippen LogP contribution in [0.15, 0.2) is 21.5 Å². The van der Waals surface area contributed by atoms with E-state index in [9.17, 15) is 19.2 Å². The zero-order valence-electron chi connectivity index (χ0n) is 31.2. The zero-order valence-corrected chi connectivity index (χ0v) is 34.5. The van der Waals surface area contributed by atoms with Crippen molar-refractivity contribution in [2.45, 2.75) is 105 Å². The van der Waals surface area contributed by atoms with Crippen LogP contribution in [0.5, 0.6) is 0 Å². The van der Waals surface area contributed by atoms with Crippen LogP contribution in [-0.4, -0.2) is 46.8 Å². The number of carbonyl (C=O) groups is 4. The smallest absolute Gasteiger partial charge is 0.412 e. The minimum absolute atomic E-state index is 0.498. The van der Waals surface area contributed by atoms with E-state index in [4.69, 9.17) is 18.9 Å². The van der Waals surface area contributed by atoms with Gasteiger partial charge in [0.25, 0.3) is 0 Å². The Morgan fingerprint density at radius 1 is 0.385 bits per heavy atom. The van der Waals surface area contributed by atoms with Gasteiger partial charge in [-0.1, -0.05) is 0 Å². The van der Waals surface area contributed by atoms with Crippen molar-refractivity contribution < 1.29 is 38.1 Å². The van der Waals surface area contributed by atoms with Crippen LogP contribution in [0.4, 0.5) is 39.2 Å². The topological polar surface area (TPSA) is 153 Å². The SMILES string of the molecule is CC(C)(C)OC(=O)Nc1scc2c1-c1csc(NC(=O)OC(C)(C)C)c1-c1csc(NC(=O)OC(C)(C)C)c1-c1csc(NC(=O)OC(C)(C)C)c1-2. The number of ether oxygens (including phenoxy) is 4. The fraction of sp³-hybridized carbons (Fsp3) is 0.444. The number of hydrogen-bond donors (Lipinski definition) is 4. The van der Waals surface area contributed by atoms with Crippen molar-refractivity contribution >= 4 is 89.7 Å². The van der Waals surface area contributed by atoms with Gasteiger partial charge in [-0.25, -0.2) is 19.2 Å². The second-order valence-corrected chi connectivity index (χ2v) is 19.4. The molecule has 0 saturated carbocycles. The van der Waals surface area contributed by atoms with Crippen molar-refractivity contribution in [1.82, 2.24) is 0 Å². The van der Waals surface area contributed by atoms with Crippen LogP contribution in [0.1, 0.15) is 83.1 Å². The molecule has 0 aromatic carbocycles. The molecule has 1 aliphatic carbocycles. The Hall–Kier alpha value is -4.12. The summed E-state index contributed by atoms with van der Waals surface area (Å²) in [5, 5.41) is 21.3. The van der Waals surface area contributed by atoms with Crippen LogP contribution in [0.3, 0.4) is 0 Å². The molecule has 280 valence electrons. The van der Waals surface area contributed by atoms with Gasteiger partial charge in [0.2, 0.25) is 0 Å². The number of thiophene rings is 4. The molecular weight excluding hydrogens is 745 g/mol. The number of nitrogens with one attached hydrogen (secondary N) is 4. The summed E-state index contributed by atoms with van der Waals surface area (Å²) in [6, 6.07) is 0. The second kappa shape index (κ2) is 14.0. The number of fused-ring (bicyclic) bond motifs is 8. The molecule has 4 amide bonds. The number of amides is 4. The molecule has 0 bridgehead atoms. The van der Waals surface area contributed by atoms with E-state index in [1.54, 1.807) is 83.1 Å². The quantitative estimate of drug-likeness (QED) is 0.131. The molecule has 5 rings (SSSR count). The van der Waals surface area contributed by atoms with Crippen LogP contribution in [0.2, 0.25) is 0 Å². The molecule has 12 nitrogen and oxygen atoms in total. The van der Waals surface area contributed by atoms with Crippen LogP contribution in [0, 0.1) is 0 Å². The van der Waals surface area contributed by atoms with Crippen LogP contribution >= 0.6 is 45.3 Å². The molecule has 16 heteroatoms. The van der Waals surface area contributed by atoms with Crippen LogP contribution in [-0.2, 0) is 18.9 Å². The minimum Gasteiger partial charge on any atom is -0.444 e. The predicted molar refractivity (Wildman–Crippen MR) is 213 cm³/mol. The maximum absolute atomic E-state index is 13.2. The summed E-state index contributed by atoms with van der Waals surface area (Å²) in [6.07, 6.45) is -2.55. The lowest BCUT2D eigenvalue weighted by molar-refractivity contribution is 0.0625. The number of rotatable bonds is 4. The largest absolute Gasteiger partial charge is 0.444 e. The van der Waals surface area contributed by atoms with Gasteiger partial charge < -0.3 is 18.9 Å². The van der Waals surface area contributed by atoms with E-state index in [1.807, 2.05) is 21.5 Å². The molecule has 0 atom stereocenters. The van der Waals surface area contributed by atoms with E-state index in [2.05, 4.69) is 21.3 Å². The molecule has 0 fully saturated rings. The fourth-order valence-electron chi connectivity index (χ4n) is 5.19. The summed E-state index contributed by atoms with van der Waals surface area (Å²) >= 11 is 5.18. The highest BCUT2D eigenvalue weighted by atomic mass is 32.1. The Labute approximate surface area is 319 Å². The van der Waals surface area contributed by atoms with Gasteiger partial charge in [-0.05, 0) is 83.1 Å². The van der Waals surface area contributed by atoms with Crippen LogP contribution < -0.4 is 21.3 Å². The van der Waals surface area contributed by atoms with E-state index >= 15 is 0 Å². The summed E-state index contributed by atoms with van der Waals surface area (Å²) in [5.41, 5.74) is 2.42. The van der Waals surface area contributed by atoms with Crippen molar-refractivity contribution in [3.63, 3.8) is 0 Å². The van der Waals surface area contributed by atoms with Crippen molar-refractivity contribution in [2.75, 3.05) is 21.3 Å². The molecule has 0 unspecified atom stereocenters. The second-order valence-electron chi connectivity index (χ2n) is 15.9. The van der Waals surface area contributed by atoms with Gasteiger partial charge in [0.15, 0.2) is 0 Å². The van der Waals surface area contributed by atoms with Gasteiger partial charge >= 0.3 is 24.4 Å². The highest BCUT2D eigenvalue weighted by molar-refractivity contribution is 7.18. The van der Waals surface area contributed by atoms with Crippen molar-refractivity contribution in [3.05, 3.63) is 21.5 Å². The highest BCUT2D eigenvalue weighted by Gasteiger charge is 2.35. The summed E-state index contributed by atoms with van der Waals surface area (Å²) < 4.78 is 22.5. The van der Waals surface area contributed by atoms with Crippen LogP contribution in [0.25, 0.3) is 44.5 Å². The summed E-state index contributed by atoms with van der Waals surface area (Å²) in [5.74, 6) is 0. The maximum atomic E-state index is 13.2. The first-order valence-corrected chi connectivity index (χ1v) is 19.9. The first-order valence-electron chi connectivity index (χ1n) is 16.4. The Balaban J connectivity index is 1.77. The first-order chi connectivity index (χ1) is 23.9. The third-order valence-electron chi connectivity index (χ3n) is 6.70. The minimum atomic E-state index is -0.748. The van der Waals surface area contributed by atoms with E-state index in [1.165, 1.54) is 45.3 Å². The number of hydrogen-bond acceptors (Lipinski definition) is 12. The van der Waals surface area contributed by atoms with E-state index in [0.29, 0.717) is 64.5 Å². The summed E-state index contributed by atoms with van der Waals surface area (Å²) in [6.45, 7) is 21.4. The normalized spacial score (nSPS) is 12.5. The van der Waals surface area contributed by atoms with Gasteiger partial charge in [0.05, 0.1) is 0 Å². The van der Waals surface area contributed by atoms with E-state index in [-0.39, 0.29) is 0 Å². The van der Waals surface area contributed by atoms with Gasteiger partial charge in [-0.2, -0.15) is 0 Å².